The van der Waals surface area contributed by atoms with Gasteiger partial charge in [0, 0.05) is 33.6 Å². The van der Waals surface area contributed by atoms with Gasteiger partial charge in [-0.15, -0.1) is 0 Å². The maximum atomic E-state index is 9.88. The lowest BCUT2D eigenvalue weighted by molar-refractivity contribution is 0.252. The Morgan fingerprint density at radius 3 is 2.37 bits per heavy atom. The minimum absolute atomic E-state index is 0.184. The highest BCUT2D eigenvalue weighted by molar-refractivity contribution is 6.31. The number of para-hydroxylation sites is 2. The molecule has 4 aromatic carbocycles. The van der Waals surface area contributed by atoms with Crippen LogP contribution in [0.2, 0.25) is 5.02 Å². The van der Waals surface area contributed by atoms with Crippen molar-refractivity contribution >= 4 is 28.7 Å². The zero-order valence-corrected chi connectivity index (χ0v) is 19.7. The number of phenolic OH excluding ortho intramolecular Hbond substituents is 1. The third kappa shape index (κ3) is 4.86. The molecule has 0 aliphatic carbocycles. The van der Waals surface area contributed by atoms with Gasteiger partial charge in [-0.25, -0.2) is 4.99 Å². The normalized spacial score (nSPS) is 16.0. The minimum Gasteiger partial charge on any atom is -0.508 e. The highest BCUT2D eigenvalue weighted by Crippen LogP contribution is 2.42. The van der Waals surface area contributed by atoms with Gasteiger partial charge in [0.1, 0.15) is 22.9 Å². The summed E-state index contributed by atoms with van der Waals surface area (Å²) in [4.78, 5) is 5.00. The molecule has 1 unspecified atom stereocenters. The van der Waals surface area contributed by atoms with E-state index in [1.807, 2.05) is 91.1 Å². The molecule has 6 heteroatoms. The number of aromatic hydroxyl groups is 1. The van der Waals surface area contributed by atoms with Gasteiger partial charge in [0.2, 0.25) is 0 Å². The van der Waals surface area contributed by atoms with Gasteiger partial charge in [0.05, 0.1) is 12.8 Å². The highest BCUT2D eigenvalue weighted by Gasteiger charge is 2.29. The van der Waals surface area contributed by atoms with Gasteiger partial charge in [0.15, 0.2) is 6.10 Å². The van der Waals surface area contributed by atoms with E-state index in [0.29, 0.717) is 22.2 Å². The summed E-state index contributed by atoms with van der Waals surface area (Å²) in [5.41, 5.74) is 4.74. The number of ether oxygens (including phenoxy) is 2. The Morgan fingerprint density at radius 2 is 1.63 bits per heavy atom. The number of benzene rings is 4. The average Bonchev–Trinajstić information content (AvgIpc) is 3.05. The van der Waals surface area contributed by atoms with Crippen LogP contribution in [0.1, 0.15) is 17.2 Å². The summed E-state index contributed by atoms with van der Waals surface area (Å²) in [6.07, 6.45) is 1.36. The first-order valence-corrected chi connectivity index (χ1v) is 11.5. The van der Waals surface area contributed by atoms with Crippen LogP contribution in [0.25, 0.3) is 0 Å². The third-order valence-corrected chi connectivity index (χ3v) is 6.06. The molecule has 0 saturated carbocycles. The predicted octanol–water partition coefficient (Wildman–Crippen LogP) is 7.30. The second kappa shape index (κ2) is 9.95. The zero-order chi connectivity index (χ0) is 24.2. The first-order valence-electron chi connectivity index (χ1n) is 11.1. The van der Waals surface area contributed by atoms with E-state index in [1.54, 1.807) is 19.2 Å². The number of phenols is 1. The quantitative estimate of drug-likeness (QED) is 0.313. The fourth-order valence-corrected chi connectivity index (χ4v) is 4.15. The van der Waals surface area contributed by atoms with E-state index in [4.69, 9.17) is 26.1 Å². The Morgan fingerprint density at radius 1 is 0.914 bits per heavy atom. The summed E-state index contributed by atoms with van der Waals surface area (Å²) in [6, 6.07) is 29.9. The molecule has 1 atom stereocenters. The van der Waals surface area contributed by atoms with Crippen LogP contribution < -0.4 is 14.8 Å². The smallest absolute Gasteiger partial charge is 0.154 e. The summed E-state index contributed by atoms with van der Waals surface area (Å²) >= 11 is 6.65. The molecule has 174 valence electrons. The van der Waals surface area contributed by atoms with Crippen molar-refractivity contribution in [3.63, 3.8) is 0 Å². The second-order valence-electron chi connectivity index (χ2n) is 7.97. The summed E-state index contributed by atoms with van der Waals surface area (Å²) in [5, 5.41) is 13.9. The molecule has 1 aliphatic heterocycles. The molecular formula is C29H23ClN2O3. The Hall–Kier alpha value is -4.22. The molecular weight excluding hydrogens is 460 g/mol. The number of halogens is 1. The minimum atomic E-state index is -0.536. The highest BCUT2D eigenvalue weighted by atomic mass is 35.5. The average molecular weight is 483 g/mol. The second-order valence-corrected chi connectivity index (χ2v) is 8.37. The topological polar surface area (TPSA) is 63.1 Å². The van der Waals surface area contributed by atoms with Crippen LogP contribution in [0.3, 0.4) is 0 Å². The van der Waals surface area contributed by atoms with Crippen molar-refractivity contribution in [2.75, 3.05) is 12.4 Å². The summed E-state index contributed by atoms with van der Waals surface area (Å²) < 4.78 is 11.8. The van der Waals surface area contributed by atoms with Crippen LogP contribution in [0, 0.1) is 0 Å². The van der Waals surface area contributed by atoms with Gasteiger partial charge in [-0.3, -0.25) is 0 Å². The van der Waals surface area contributed by atoms with Gasteiger partial charge < -0.3 is 19.9 Å². The van der Waals surface area contributed by atoms with Crippen molar-refractivity contribution in [1.82, 2.24) is 0 Å². The van der Waals surface area contributed by atoms with E-state index in [9.17, 15) is 5.11 Å². The van der Waals surface area contributed by atoms with Gasteiger partial charge >= 0.3 is 0 Å². The van der Waals surface area contributed by atoms with Gasteiger partial charge in [-0.05, 0) is 66.7 Å². The number of nitrogens with zero attached hydrogens (tertiary/aromatic N) is 1. The summed E-state index contributed by atoms with van der Waals surface area (Å²) in [7, 11) is 1.64. The maximum Gasteiger partial charge on any atom is 0.154 e. The Kier molecular flexibility index (Phi) is 6.42. The van der Waals surface area contributed by atoms with E-state index < -0.39 is 6.10 Å². The lowest BCUT2D eigenvalue weighted by Crippen LogP contribution is -2.18. The molecule has 5 rings (SSSR count). The molecule has 35 heavy (non-hydrogen) atoms. The monoisotopic (exact) mass is 482 g/mol. The lowest BCUT2D eigenvalue weighted by Gasteiger charge is -2.23. The fourth-order valence-electron chi connectivity index (χ4n) is 3.91. The van der Waals surface area contributed by atoms with Crippen molar-refractivity contribution < 1.29 is 14.6 Å². The molecule has 0 spiro atoms. The lowest BCUT2D eigenvalue weighted by atomic mass is 9.94. The molecule has 1 heterocycles. The number of methoxy groups -OCH3 is 1. The van der Waals surface area contributed by atoms with Crippen LogP contribution in [-0.2, 0) is 0 Å². The molecule has 2 N–H and O–H groups in total. The number of hydrogen-bond acceptors (Lipinski definition) is 5. The third-order valence-electron chi connectivity index (χ3n) is 5.71. The molecule has 0 fully saturated rings. The molecule has 4 aromatic rings. The largest absolute Gasteiger partial charge is 0.508 e. The number of hydrogen-bond donors (Lipinski definition) is 2. The molecule has 5 nitrogen and oxygen atoms in total. The van der Waals surface area contributed by atoms with Crippen molar-refractivity contribution in [2.45, 2.75) is 6.10 Å². The summed E-state index contributed by atoms with van der Waals surface area (Å²) in [6.45, 7) is 0. The van der Waals surface area contributed by atoms with Gasteiger partial charge in [-0.1, -0.05) is 41.9 Å². The van der Waals surface area contributed by atoms with Crippen molar-refractivity contribution in [3.05, 3.63) is 125 Å². The van der Waals surface area contributed by atoms with Gasteiger partial charge in [-0.2, -0.15) is 0 Å². The van der Waals surface area contributed by atoms with Crippen molar-refractivity contribution in [1.29, 1.82) is 0 Å². The van der Waals surface area contributed by atoms with E-state index in [2.05, 4.69) is 5.32 Å². The first-order chi connectivity index (χ1) is 17.1. The van der Waals surface area contributed by atoms with Crippen LogP contribution in [0.4, 0.5) is 11.4 Å². The fraction of sp³-hybridized carbons (Fsp3) is 0.0690. The molecule has 0 bridgehead atoms. The maximum absolute atomic E-state index is 9.88. The Bertz CT molecular complexity index is 1400. The molecule has 0 radical (unpaired) electrons. The van der Waals surface area contributed by atoms with Crippen LogP contribution in [-0.4, -0.2) is 17.9 Å². The van der Waals surface area contributed by atoms with E-state index >= 15 is 0 Å². The van der Waals surface area contributed by atoms with Gasteiger partial charge in [0.25, 0.3) is 0 Å². The van der Waals surface area contributed by atoms with Crippen molar-refractivity contribution in [2.24, 2.45) is 4.99 Å². The number of aliphatic imine (C=N–C) groups is 1. The molecule has 0 amide bonds. The van der Waals surface area contributed by atoms with Crippen LogP contribution in [0.15, 0.2) is 114 Å². The molecule has 1 aliphatic rings. The van der Waals surface area contributed by atoms with E-state index in [-0.39, 0.29) is 5.75 Å². The first kappa shape index (κ1) is 22.6. The standard InChI is InChI=1S/C29H23ClN2O3/c1-34-22-16-12-20(13-17-22)31-18-24-28(19-10-14-21(33)15-11-19)32-26-8-4-5-9-27(26)35-29(24)23-6-2-3-7-25(23)30/h2-18,29,31,33H,1H3/b24-18+. The van der Waals surface area contributed by atoms with Crippen molar-refractivity contribution in [3.8, 4) is 17.2 Å². The number of anilines is 1. The SMILES string of the molecule is COc1ccc(N/C=C2\C(c3ccc(O)cc3)=Nc3ccccc3OC2c2ccccc2Cl)cc1. The number of rotatable bonds is 5. The van der Waals surface area contributed by atoms with Crippen LogP contribution >= 0.6 is 11.6 Å². The van der Waals surface area contributed by atoms with E-state index in [0.717, 1.165) is 28.1 Å². The van der Waals surface area contributed by atoms with E-state index in [1.165, 1.54) is 0 Å². The number of nitrogens with one attached hydrogen (secondary N) is 1. The predicted molar refractivity (Wildman–Crippen MR) is 140 cm³/mol. The van der Waals surface area contributed by atoms with Crippen LogP contribution in [0.5, 0.6) is 17.2 Å². The Balaban J connectivity index is 1.68. The number of fused-ring (bicyclic) bond motifs is 1. The Labute approximate surface area is 209 Å². The zero-order valence-electron chi connectivity index (χ0n) is 19.0. The summed E-state index contributed by atoms with van der Waals surface area (Å²) in [5.74, 6) is 1.61. The molecule has 0 aromatic heterocycles. The molecule has 0 saturated heterocycles.